The van der Waals surface area contributed by atoms with E-state index in [2.05, 4.69) is 9.97 Å². The second-order valence-electron chi connectivity index (χ2n) is 6.29. The number of fused-ring (bicyclic) bond motifs is 1. The van der Waals surface area contributed by atoms with E-state index in [-0.39, 0.29) is 36.7 Å². The van der Waals surface area contributed by atoms with E-state index in [1.807, 2.05) is 6.07 Å². The van der Waals surface area contributed by atoms with Gasteiger partial charge in [-0.05, 0) is 6.42 Å². The molecular weight excluding hydrogens is 344 g/mol. The van der Waals surface area contributed by atoms with Crippen molar-refractivity contribution in [3.05, 3.63) is 20.8 Å². The van der Waals surface area contributed by atoms with Crippen LogP contribution in [0.4, 0.5) is 5.95 Å². The zero-order valence-corrected chi connectivity index (χ0v) is 14.1. The predicted octanol–water partition coefficient (Wildman–Crippen LogP) is -1.34. The lowest BCUT2D eigenvalue weighted by atomic mass is 10.0. The highest BCUT2D eigenvalue weighted by Gasteiger charge is 2.43. The molecule has 1 fully saturated rings. The van der Waals surface area contributed by atoms with Gasteiger partial charge in [-0.25, -0.2) is 9.36 Å². The largest absolute Gasteiger partial charge is 0.394 e. The Morgan fingerprint density at radius 1 is 1.46 bits per heavy atom. The first-order valence-corrected chi connectivity index (χ1v) is 8.22. The number of unbranched alkanes of at least 4 members (excludes halogenated alkanes) is 1. The molecule has 2 aromatic rings. The summed E-state index contributed by atoms with van der Waals surface area (Å²) in [5.74, 6) is -0.599. The topological polar surface area (TPSA) is 172 Å². The van der Waals surface area contributed by atoms with Crippen molar-refractivity contribution in [1.29, 1.82) is 5.26 Å². The van der Waals surface area contributed by atoms with E-state index in [0.29, 0.717) is 6.42 Å². The number of rotatable bonds is 5. The number of anilines is 1. The molecule has 1 aliphatic heterocycles. The van der Waals surface area contributed by atoms with E-state index in [4.69, 9.17) is 15.7 Å². The van der Waals surface area contributed by atoms with Gasteiger partial charge in [-0.1, -0.05) is 6.92 Å². The smallest absolute Gasteiger partial charge is 0.332 e. The summed E-state index contributed by atoms with van der Waals surface area (Å²) in [5.41, 5.74) is 4.40. The van der Waals surface area contributed by atoms with Crippen LogP contribution < -0.4 is 17.0 Å². The summed E-state index contributed by atoms with van der Waals surface area (Å²) in [6, 6.07) is 1.98. The number of aromatic amines is 1. The molecule has 0 spiro atoms. The summed E-state index contributed by atoms with van der Waals surface area (Å²) in [5, 5.41) is 28.6. The molecule has 11 nitrogen and oxygen atoms in total. The average molecular weight is 364 g/mol. The first kappa shape index (κ1) is 18.1. The van der Waals surface area contributed by atoms with Gasteiger partial charge in [0, 0.05) is 18.9 Å². The fraction of sp³-hybridized carbons (Fsp3) is 0.600. The van der Waals surface area contributed by atoms with Gasteiger partial charge >= 0.3 is 5.69 Å². The molecule has 26 heavy (non-hydrogen) atoms. The first-order valence-electron chi connectivity index (χ1n) is 8.22. The lowest BCUT2D eigenvalue weighted by Crippen LogP contribution is -2.33. The van der Waals surface area contributed by atoms with E-state index in [0.717, 1.165) is 4.57 Å². The summed E-state index contributed by atoms with van der Waals surface area (Å²) in [6.07, 6.45) is -2.26. The molecule has 1 aliphatic rings. The van der Waals surface area contributed by atoms with Crippen molar-refractivity contribution in [2.45, 2.75) is 44.7 Å². The minimum atomic E-state index is -1.11. The predicted molar refractivity (Wildman–Crippen MR) is 90.0 cm³/mol. The van der Waals surface area contributed by atoms with Crippen molar-refractivity contribution in [3.8, 4) is 6.07 Å². The van der Waals surface area contributed by atoms with E-state index < -0.39 is 35.6 Å². The number of nitrogen functional groups attached to an aromatic ring is 1. The van der Waals surface area contributed by atoms with Crippen LogP contribution in [0.15, 0.2) is 9.59 Å². The molecule has 4 atom stereocenters. The first-order chi connectivity index (χ1) is 12.4. The highest BCUT2D eigenvalue weighted by Crippen LogP contribution is 2.34. The second-order valence-corrected chi connectivity index (χ2v) is 6.29. The number of ether oxygens (including phenoxy) is 1. The number of hydrogen-bond acceptors (Lipinski definition) is 8. The maximum absolute atomic E-state index is 12.9. The number of nitrogens with two attached hydrogens (primary N) is 1. The molecule has 0 aliphatic carbocycles. The van der Waals surface area contributed by atoms with Gasteiger partial charge in [0.15, 0.2) is 17.4 Å². The Hall–Kier alpha value is -2.68. The highest BCUT2D eigenvalue weighted by molar-refractivity contribution is 5.71. The number of imidazole rings is 1. The van der Waals surface area contributed by atoms with Gasteiger partial charge in [-0.3, -0.25) is 14.3 Å². The zero-order chi connectivity index (χ0) is 19.0. The van der Waals surface area contributed by atoms with Crippen LogP contribution in [0.1, 0.15) is 26.0 Å². The fourth-order valence-electron chi connectivity index (χ4n) is 3.24. The highest BCUT2D eigenvalue weighted by atomic mass is 16.5. The molecule has 3 heterocycles. The Balaban J connectivity index is 2.20. The lowest BCUT2D eigenvalue weighted by molar-refractivity contribution is -0.0510. The number of aryl methyl sites for hydroxylation is 1. The van der Waals surface area contributed by atoms with Gasteiger partial charge in [0.2, 0.25) is 5.95 Å². The number of aromatic nitrogens is 4. The van der Waals surface area contributed by atoms with Crippen LogP contribution in [0, 0.1) is 17.2 Å². The van der Waals surface area contributed by atoms with E-state index in [1.54, 1.807) is 6.92 Å². The van der Waals surface area contributed by atoms with Gasteiger partial charge in [0.1, 0.15) is 6.10 Å². The van der Waals surface area contributed by atoms with E-state index in [1.165, 1.54) is 4.57 Å². The minimum absolute atomic E-state index is 0.00181. The molecule has 0 radical (unpaired) electrons. The minimum Gasteiger partial charge on any atom is -0.394 e. The summed E-state index contributed by atoms with van der Waals surface area (Å²) in [7, 11) is 0. The lowest BCUT2D eigenvalue weighted by Gasteiger charge is -2.16. The van der Waals surface area contributed by atoms with Crippen LogP contribution in [0.2, 0.25) is 0 Å². The molecule has 4 unspecified atom stereocenters. The number of nitrogens with one attached hydrogen (secondary N) is 1. The van der Waals surface area contributed by atoms with Crippen LogP contribution in [-0.4, -0.2) is 48.1 Å². The number of hydrogen-bond donors (Lipinski definition) is 4. The maximum Gasteiger partial charge on any atom is 0.332 e. The summed E-state index contributed by atoms with van der Waals surface area (Å²) in [6.45, 7) is 1.50. The normalized spacial score (nSPS) is 25.6. The quantitative estimate of drug-likeness (QED) is 0.472. The van der Waals surface area contributed by atoms with Crippen LogP contribution in [0.3, 0.4) is 0 Å². The third kappa shape index (κ3) is 2.78. The SMILES string of the molecule is CC1C(CO)OC(n2c(=O)n(CCCC#N)c3c(=O)[nH]c(N)nc32)C1O. The average Bonchev–Trinajstić information content (AvgIpc) is 3.03. The van der Waals surface area contributed by atoms with Crippen molar-refractivity contribution in [2.24, 2.45) is 5.92 Å². The molecule has 0 saturated carbocycles. The van der Waals surface area contributed by atoms with Crippen molar-refractivity contribution < 1.29 is 14.9 Å². The van der Waals surface area contributed by atoms with Gasteiger partial charge in [0.25, 0.3) is 5.56 Å². The van der Waals surface area contributed by atoms with Crippen molar-refractivity contribution in [3.63, 3.8) is 0 Å². The Morgan fingerprint density at radius 2 is 2.19 bits per heavy atom. The van der Waals surface area contributed by atoms with Crippen LogP contribution in [0.25, 0.3) is 11.2 Å². The van der Waals surface area contributed by atoms with Gasteiger partial charge in [-0.15, -0.1) is 0 Å². The number of nitrogens with zero attached hydrogens (tertiary/aromatic N) is 4. The molecular formula is C15H20N6O5. The molecule has 2 aromatic heterocycles. The van der Waals surface area contributed by atoms with E-state index >= 15 is 0 Å². The number of H-pyrrole nitrogens is 1. The third-order valence-corrected chi connectivity index (χ3v) is 4.67. The van der Waals surface area contributed by atoms with Gasteiger partial charge < -0.3 is 20.7 Å². The number of aliphatic hydroxyl groups excluding tert-OH is 2. The van der Waals surface area contributed by atoms with E-state index in [9.17, 15) is 19.8 Å². The van der Waals surface area contributed by atoms with Gasteiger partial charge in [-0.2, -0.15) is 10.2 Å². The number of nitriles is 1. The molecule has 0 amide bonds. The Bertz CT molecular complexity index is 970. The zero-order valence-electron chi connectivity index (χ0n) is 14.1. The third-order valence-electron chi connectivity index (χ3n) is 4.67. The number of aliphatic hydroxyl groups is 2. The van der Waals surface area contributed by atoms with Crippen LogP contribution in [-0.2, 0) is 11.3 Å². The standard InChI is InChI=1S/C15H20N6O5/c1-7-8(6-22)26-13(10(7)23)21-11-9(12(24)19-14(17)18-11)20(15(21)25)5-3-2-4-16/h7-8,10,13,22-23H,2-3,5-6H2,1H3,(H3,17,18,19,24). The summed E-state index contributed by atoms with van der Waals surface area (Å²) >= 11 is 0. The molecule has 140 valence electrons. The summed E-state index contributed by atoms with van der Waals surface area (Å²) in [4.78, 5) is 31.7. The van der Waals surface area contributed by atoms with Crippen molar-refractivity contribution in [2.75, 3.05) is 12.3 Å². The fourth-order valence-corrected chi connectivity index (χ4v) is 3.24. The molecule has 3 rings (SSSR count). The molecule has 0 bridgehead atoms. The Kier molecular flexibility index (Phi) is 4.82. The van der Waals surface area contributed by atoms with Crippen LogP contribution >= 0.6 is 0 Å². The maximum atomic E-state index is 12.9. The summed E-state index contributed by atoms with van der Waals surface area (Å²) < 4.78 is 7.92. The Labute approximate surface area is 147 Å². The molecule has 5 N–H and O–H groups in total. The molecule has 0 aromatic carbocycles. The molecule has 1 saturated heterocycles. The second kappa shape index (κ2) is 6.91. The van der Waals surface area contributed by atoms with Crippen molar-refractivity contribution in [1.82, 2.24) is 19.1 Å². The van der Waals surface area contributed by atoms with Gasteiger partial charge in [0.05, 0.1) is 18.8 Å². The molecule has 11 heteroatoms. The Morgan fingerprint density at radius 3 is 2.81 bits per heavy atom. The van der Waals surface area contributed by atoms with Crippen molar-refractivity contribution >= 4 is 17.1 Å². The monoisotopic (exact) mass is 364 g/mol. The van der Waals surface area contributed by atoms with Crippen LogP contribution in [0.5, 0.6) is 0 Å².